The predicted octanol–water partition coefficient (Wildman–Crippen LogP) is 4.32. The summed E-state index contributed by atoms with van der Waals surface area (Å²) in [7, 11) is 0. The van der Waals surface area contributed by atoms with Gasteiger partial charge in [0.25, 0.3) is 0 Å². The lowest BCUT2D eigenvalue weighted by Gasteiger charge is -2.29. The molecule has 0 heterocycles. The number of halogens is 1. The van der Waals surface area contributed by atoms with Crippen LogP contribution < -0.4 is 0 Å². The van der Waals surface area contributed by atoms with Gasteiger partial charge < -0.3 is 0 Å². The molecular formula is C11H23Cl. The zero-order valence-electron chi connectivity index (χ0n) is 9.15. The van der Waals surface area contributed by atoms with Gasteiger partial charge >= 0.3 is 0 Å². The molecule has 1 heteroatoms. The maximum atomic E-state index is 5.79. The molecule has 0 saturated carbocycles. The Bertz CT molecular complexity index is 116. The minimum Gasteiger partial charge on any atom is -0.126 e. The molecule has 1 atom stereocenters. The molecule has 0 fully saturated rings. The SMILES string of the molecule is CC(C)CC(C)(C)CC(C)CCl. The lowest BCUT2D eigenvalue weighted by molar-refractivity contribution is 0.234. The predicted molar refractivity (Wildman–Crippen MR) is 57.7 cm³/mol. The van der Waals surface area contributed by atoms with Crippen molar-refractivity contribution in [3.05, 3.63) is 0 Å². The van der Waals surface area contributed by atoms with Gasteiger partial charge in [0, 0.05) is 5.88 Å². The number of rotatable bonds is 5. The fraction of sp³-hybridized carbons (Fsp3) is 1.00. The van der Waals surface area contributed by atoms with Crippen molar-refractivity contribution in [2.75, 3.05) is 5.88 Å². The van der Waals surface area contributed by atoms with Crippen LogP contribution in [0.4, 0.5) is 0 Å². The summed E-state index contributed by atoms with van der Waals surface area (Å²) in [4.78, 5) is 0. The minimum atomic E-state index is 0.461. The fourth-order valence-corrected chi connectivity index (χ4v) is 2.30. The quantitative estimate of drug-likeness (QED) is 0.567. The van der Waals surface area contributed by atoms with Crippen LogP contribution in [0.15, 0.2) is 0 Å². The van der Waals surface area contributed by atoms with Gasteiger partial charge in [-0.15, -0.1) is 11.6 Å². The van der Waals surface area contributed by atoms with Gasteiger partial charge in [-0.25, -0.2) is 0 Å². The zero-order chi connectivity index (χ0) is 9.78. The summed E-state index contributed by atoms with van der Waals surface area (Å²) >= 11 is 5.79. The van der Waals surface area contributed by atoms with Crippen LogP contribution in [-0.4, -0.2) is 5.88 Å². The molecule has 0 rings (SSSR count). The van der Waals surface area contributed by atoms with E-state index in [1.54, 1.807) is 0 Å². The second kappa shape index (κ2) is 5.11. The van der Waals surface area contributed by atoms with E-state index in [1.165, 1.54) is 12.8 Å². The molecule has 0 spiro atoms. The molecule has 0 aromatic carbocycles. The molecule has 0 N–H and O–H groups in total. The Hall–Kier alpha value is 0.290. The normalized spacial score (nSPS) is 15.2. The first kappa shape index (κ1) is 12.3. The van der Waals surface area contributed by atoms with E-state index in [-0.39, 0.29) is 0 Å². The molecule has 0 amide bonds. The molecule has 74 valence electrons. The van der Waals surface area contributed by atoms with Crippen molar-refractivity contribution in [1.82, 2.24) is 0 Å². The van der Waals surface area contributed by atoms with Gasteiger partial charge in [-0.05, 0) is 30.1 Å². The Labute approximate surface area is 82.7 Å². The van der Waals surface area contributed by atoms with Crippen LogP contribution in [0, 0.1) is 17.3 Å². The van der Waals surface area contributed by atoms with E-state index in [4.69, 9.17) is 11.6 Å². The molecule has 0 aromatic rings. The van der Waals surface area contributed by atoms with Crippen molar-refractivity contribution in [3.8, 4) is 0 Å². The van der Waals surface area contributed by atoms with E-state index in [9.17, 15) is 0 Å². The van der Waals surface area contributed by atoms with Gasteiger partial charge in [0.2, 0.25) is 0 Å². The van der Waals surface area contributed by atoms with Crippen molar-refractivity contribution in [1.29, 1.82) is 0 Å². The zero-order valence-corrected chi connectivity index (χ0v) is 9.91. The monoisotopic (exact) mass is 190 g/mol. The summed E-state index contributed by atoms with van der Waals surface area (Å²) in [6.07, 6.45) is 2.54. The Balaban J connectivity index is 3.85. The van der Waals surface area contributed by atoms with Gasteiger partial charge in [-0.2, -0.15) is 0 Å². The van der Waals surface area contributed by atoms with Crippen LogP contribution in [0.25, 0.3) is 0 Å². The van der Waals surface area contributed by atoms with Crippen molar-refractivity contribution in [3.63, 3.8) is 0 Å². The van der Waals surface area contributed by atoms with Crippen LogP contribution in [-0.2, 0) is 0 Å². The maximum absolute atomic E-state index is 5.79. The van der Waals surface area contributed by atoms with E-state index < -0.39 is 0 Å². The third-order valence-electron chi connectivity index (χ3n) is 2.13. The molecule has 0 aliphatic rings. The Morgan fingerprint density at radius 2 is 1.58 bits per heavy atom. The topological polar surface area (TPSA) is 0 Å². The van der Waals surface area contributed by atoms with Crippen molar-refractivity contribution in [2.24, 2.45) is 17.3 Å². The van der Waals surface area contributed by atoms with E-state index in [0.29, 0.717) is 11.3 Å². The van der Waals surface area contributed by atoms with Gasteiger partial charge in [0.1, 0.15) is 0 Å². The first-order chi connectivity index (χ1) is 5.37. The third-order valence-corrected chi connectivity index (χ3v) is 2.65. The highest BCUT2D eigenvalue weighted by atomic mass is 35.5. The van der Waals surface area contributed by atoms with Crippen molar-refractivity contribution >= 4 is 11.6 Å². The van der Waals surface area contributed by atoms with Gasteiger partial charge in [-0.1, -0.05) is 34.6 Å². The smallest absolute Gasteiger partial charge is 0.0249 e. The van der Waals surface area contributed by atoms with Crippen LogP contribution in [0.2, 0.25) is 0 Å². The molecule has 1 unspecified atom stereocenters. The molecule has 0 bridgehead atoms. The second-order valence-electron chi connectivity index (χ2n) is 5.23. The molecule has 0 radical (unpaired) electrons. The van der Waals surface area contributed by atoms with Gasteiger partial charge in [-0.3, -0.25) is 0 Å². The summed E-state index contributed by atoms with van der Waals surface area (Å²) in [5, 5.41) is 0. The van der Waals surface area contributed by atoms with Crippen LogP contribution in [0.1, 0.15) is 47.5 Å². The molecule has 0 aliphatic carbocycles. The summed E-state index contributed by atoms with van der Waals surface area (Å²) in [5.41, 5.74) is 0.461. The first-order valence-electron chi connectivity index (χ1n) is 4.93. The van der Waals surface area contributed by atoms with E-state index in [2.05, 4.69) is 34.6 Å². The molecule has 0 saturated heterocycles. The van der Waals surface area contributed by atoms with Crippen molar-refractivity contribution < 1.29 is 0 Å². The minimum absolute atomic E-state index is 0.461. The Kier molecular flexibility index (Phi) is 5.24. The van der Waals surface area contributed by atoms with Crippen LogP contribution in [0.5, 0.6) is 0 Å². The molecule has 0 nitrogen and oxygen atoms in total. The second-order valence-corrected chi connectivity index (χ2v) is 5.53. The average molecular weight is 191 g/mol. The summed E-state index contributed by atoms with van der Waals surface area (Å²) in [5.74, 6) is 2.24. The number of hydrogen-bond donors (Lipinski definition) is 0. The van der Waals surface area contributed by atoms with Crippen molar-refractivity contribution in [2.45, 2.75) is 47.5 Å². The lowest BCUT2D eigenvalue weighted by Crippen LogP contribution is -2.18. The largest absolute Gasteiger partial charge is 0.126 e. The highest BCUT2D eigenvalue weighted by Gasteiger charge is 2.21. The lowest BCUT2D eigenvalue weighted by atomic mass is 9.78. The highest BCUT2D eigenvalue weighted by molar-refractivity contribution is 6.18. The number of alkyl halides is 1. The third kappa shape index (κ3) is 5.88. The van der Waals surface area contributed by atoms with Crippen LogP contribution >= 0.6 is 11.6 Å². The summed E-state index contributed by atoms with van der Waals surface area (Å²) in [6.45, 7) is 11.5. The Morgan fingerprint density at radius 1 is 1.08 bits per heavy atom. The maximum Gasteiger partial charge on any atom is 0.0249 e. The average Bonchev–Trinajstić information content (AvgIpc) is 1.83. The molecule has 0 aromatic heterocycles. The fourth-order valence-electron chi connectivity index (χ4n) is 2.19. The molecular weight excluding hydrogens is 168 g/mol. The Morgan fingerprint density at radius 3 is 1.92 bits per heavy atom. The first-order valence-corrected chi connectivity index (χ1v) is 5.47. The van der Waals surface area contributed by atoms with E-state index in [0.717, 1.165) is 11.8 Å². The number of hydrogen-bond acceptors (Lipinski definition) is 0. The van der Waals surface area contributed by atoms with Gasteiger partial charge in [0.05, 0.1) is 0 Å². The standard InChI is InChI=1S/C11H23Cl/c1-9(2)6-11(4,5)7-10(3)8-12/h9-10H,6-8H2,1-5H3. The van der Waals surface area contributed by atoms with E-state index >= 15 is 0 Å². The molecule has 0 aliphatic heterocycles. The van der Waals surface area contributed by atoms with Crippen LogP contribution in [0.3, 0.4) is 0 Å². The highest BCUT2D eigenvalue weighted by Crippen LogP contribution is 2.32. The van der Waals surface area contributed by atoms with E-state index in [1.807, 2.05) is 0 Å². The molecule has 12 heavy (non-hydrogen) atoms. The van der Waals surface area contributed by atoms with Gasteiger partial charge in [0.15, 0.2) is 0 Å². The summed E-state index contributed by atoms with van der Waals surface area (Å²) < 4.78 is 0. The summed E-state index contributed by atoms with van der Waals surface area (Å²) in [6, 6.07) is 0.